The summed E-state index contributed by atoms with van der Waals surface area (Å²) >= 11 is 0. The van der Waals surface area contributed by atoms with Crippen molar-refractivity contribution in [2.75, 3.05) is 0 Å². The summed E-state index contributed by atoms with van der Waals surface area (Å²) in [5.41, 5.74) is 12.9. The van der Waals surface area contributed by atoms with Crippen molar-refractivity contribution >= 4 is 0 Å². The number of fused-ring (bicyclic) bond motifs is 3. The van der Waals surface area contributed by atoms with Gasteiger partial charge in [-0.1, -0.05) is 76.2 Å². The van der Waals surface area contributed by atoms with Crippen LogP contribution in [0.3, 0.4) is 0 Å². The van der Waals surface area contributed by atoms with Crippen LogP contribution in [-0.2, 0) is 70.8 Å². The molecule has 0 aliphatic heterocycles. The van der Waals surface area contributed by atoms with Crippen LogP contribution in [-0.4, -0.2) is 0 Å². The van der Waals surface area contributed by atoms with Crippen LogP contribution < -0.4 is 0 Å². The van der Waals surface area contributed by atoms with E-state index in [2.05, 4.69) is 137 Å². The van der Waals surface area contributed by atoms with Crippen LogP contribution in [0.1, 0.15) is 44.5 Å². The van der Waals surface area contributed by atoms with Gasteiger partial charge in [0.25, 0.3) is 0 Å². The topological polar surface area (TPSA) is 0 Å². The van der Waals surface area contributed by atoms with Gasteiger partial charge in [0.05, 0.1) is 0 Å². The van der Waals surface area contributed by atoms with Crippen LogP contribution in [0.25, 0.3) is 11.1 Å². The minimum absolute atomic E-state index is 0. The summed E-state index contributed by atoms with van der Waals surface area (Å²) in [6.07, 6.45) is 0. The number of benzene rings is 6. The standard InChI is InChI=1S/C25H16.2C8H9.2Y/c1-3-11-19(12-4-1)25(20-13-5-2-6-14-20)23-17-9-7-15-21(23)22-16-8-10-18-24(22)25;2*1-7-5-3-4-6-8(7)2;;/h3-18H;2*3,5-6H,1-2H3;;/q-2;2*-1;;. The summed E-state index contributed by atoms with van der Waals surface area (Å²) in [6, 6.07) is 58.7. The van der Waals surface area contributed by atoms with Crippen molar-refractivity contribution in [2.24, 2.45) is 0 Å². The Kier molecular flexibility index (Phi) is 13.5. The Labute approximate surface area is 308 Å². The molecule has 0 saturated carbocycles. The van der Waals surface area contributed by atoms with E-state index in [0.717, 1.165) is 0 Å². The molecule has 0 aromatic heterocycles. The molecule has 0 fully saturated rings. The van der Waals surface area contributed by atoms with Crippen molar-refractivity contribution in [1.29, 1.82) is 0 Å². The molecule has 0 heterocycles. The number of rotatable bonds is 2. The van der Waals surface area contributed by atoms with Crippen molar-refractivity contribution in [3.63, 3.8) is 0 Å². The molecule has 0 N–H and O–H groups in total. The Bertz CT molecular complexity index is 1550. The first-order chi connectivity index (χ1) is 20.0. The van der Waals surface area contributed by atoms with Gasteiger partial charge in [0, 0.05) is 70.8 Å². The van der Waals surface area contributed by atoms with E-state index in [-0.39, 0.29) is 70.8 Å². The molecule has 0 bridgehead atoms. The van der Waals surface area contributed by atoms with E-state index in [1.54, 1.807) is 0 Å². The molecule has 6 aromatic rings. The molecule has 0 saturated heterocycles. The van der Waals surface area contributed by atoms with Crippen LogP contribution in [0.4, 0.5) is 0 Å². The molecule has 2 radical (unpaired) electrons. The van der Waals surface area contributed by atoms with Crippen LogP contribution in [0, 0.1) is 52.0 Å². The first kappa shape index (κ1) is 35.0. The maximum absolute atomic E-state index is 3.17. The van der Waals surface area contributed by atoms with E-state index < -0.39 is 0 Å². The minimum Gasteiger partial charge on any atom is -0.184 e. The average Bonchev–Trinajstić information content (AvgIpc) is 3.33. The number of hydrogen-bond donors (Lipinski definition) is 0. The zero-order valence-corrected chi connectivity index (χ0v) is 31.0. The predicted molar refractivity (Wildman–Crippen MR) is 171 cm³/mol. The van der Waals surface area contributed by atoms with Crippen molar-refractivity contribution in [2.45, 2.75) is 33.1 Å². The molecule has 0 atom stereocenters. The van der Waals surface area contributed by atoms with Crippen molar-refractivity contribution in [1.82, 2.24) is 0 Å². The minimum atomic E-state index is -0.294. The van der Waals surface area contributed by atoms with Crippen LogP contribution in [0.2, 0.25) is 0 Å². The Hall–Kier alpha value is -2.47. The first-order valence-electron chi connectivity index (χ1n) is 14.0. The third kappa shape index (κ3) is 7.61. The first-order valence-corrected chi connectivity index (χ1v) is 14.0. The monoisotopic (exact) mass is 704 g/mol. The molecule has 208 valence electrons. The molecule has 0 amide bonds. The third-order valence-corrected chi connectivity index (χ3v) is 7.96. The summed E-state index contributed by atoms with van der Waals surface area (Å²) in [7, 11) is 0. The Morgan fingerprint density at radius 3 is 1.07 bits per heavy atom. The van der Waals surface area contributed by atoms with E-state index in [1.165, 1.54) is 55.6 Å². The predicted octanol–water partition coefficient (Wildman–Crippen LogP) is 9.85. The van der Waals surface area contributed by atoms with Gasteiger partial charge in [-0.05, 0) is 22.3 Å². The summed E-state index contributed by atoms with van der Waals surface area (Å²) in [6.45, 7) is 8.38. The quantitative estimate of drug-likeness (QED) is 0.157. The van der Waals surface area contributed by atoms with Gasteiger partial charge < -0.3 is 0 Å². The number of aryl methyl sites for hydroxylation is 4. The summed E-state index contributed by atoms with van der Waals surface area (Å²) in [4.78, 5) is 0. The van der Waals surface area contributed by atoms with Crippen molar-refractivity contribution in [3.8, 4) is 11.1 Å². The van der Waals surface area contributed by atoms with E-state index >= 15 is 0 Å². The molecule has 0 unspecified atom stereocenters. The molecule has 2 heteroatoms. The summed E-state index contributed by atoms with van der Waals surface area (Å²) in [5.74, 6) is 0. The van der Waals surface area contributed by atoms with Gasteiger partial charge in [0.1, 0.15) is 0 Å². The normalized spacial score (nSPS) is 11.5. The fraction of sp³-hybridized carbons (Fsp3) is 0.122. The van der Waals surface area contributed by atoms with Crippen LogP contribution in [0.5, 0.6) is 0 Å². The summed E-state index contributed by atoms with van der Waals surface area (Å²) in [5, 5.41) is 0. The fourth-order valence-corrected chi connectivity index (χ4v) is 5.48. The maximum Gasteiger partial charge on any atom is 0.0274 e. The Balaban J connectivity index is 0.000000233. The van der Waals surface area contributed by atoms with E-state index in [1.807, 2.05) is 48.5 Å². The van der Waals surface area contributed by atoms with Gasteiger partial charge in [-0.3, -0.25) is 0 Å². The molecule has 1 aliphatic carbocycles. The number of hydrogen-bond acceptors (Lipinski definition) is 0. The van der Waals surface area contributed by atoms with E-state index in [0.29, 0.717) is 0 Å². The zero-order valence-electron chi connectivity index (χ0n) is 25.4. The van der Waals surface area contributed by atoms with Gasteiger partial charge in [-0.25, -0.2) is 0 Å². The molecular weight excluding hydrogens is 670 g/mol. The van der Waals surface area contributed by atoms with Crippen LogP contribution >= 0.6 is 0 Å². The average molecular weight is 705 g/mol. The van der Waals surface area contributed by atoms with Gasteiger partial charge in [0.15, 0.2) is 0 Å². The molecule has 7 rings (SSSR count). The fourth-order valence-electron chi connectivity index (χ4n) is 5.48. The zero-order chi connectivity index (χ0) is 28.7. The molecule has 0 nitrogen and oxygen atoms in total. The third-order valence-electron chi connectivity index (χ3n) is 7.96. The van der Waals surface area contributed by atoms with E-state index in [9.17, 15) is 0 Å². The molecule has 0 spiro atoms. The molecule has 1 aliphatic rings. The molecule has 6 aromatic carbocycles. The second-order valence-corrected chi connectivity index (χ2v) is 10.4. The van der Waals surface area contributed by atoms with Crippen molar-refractivity contribution in [3.05, 3.63) is 202 Å². The van der Waals surface area contributed by atoms with Crippen molar-refractivity contribution < 1.29 is 65.4 Å². The van der Waals surface area contributed by atoms with Gasteiger partial charge in [-0.15, -0.1) is 11.1 Å². The largest absolute Gasteiger partial charge is 0.184 e. The van der Waals surface area contributed by atoms with E-state index in [4.69, 9.17) is 0 Å². The van der Waals surface area contributed by atoms with Gasteiger partial charge in [0.2, 0.25) is 0 Å². The second-order valence-electron chi connectivity index (χ2n) is 10.4. The molecule has 43 heavy (non-hydrogen) atoms. The SMILES string of the molecule is Cc1c[c-]ccc1C.Cc1c[c-]ccc1C.[Y].[Y].[c-]1ccc(C2(c3cc[c-]cc3)c3ccccc3-c3ccccc32)cc1. The maximum atomic E-state index is 3.17. The smallest absolute Gasteiger partial charge is 0.0274 e. The van der Waals surface area contributed by atoms with Gasteiger partial charge >= 0.3 is 0 Å². The Morgan fingerprint density at radius 1 is 0.395 bits per heavy atom. The molecular formula is C41H34Y2-4. The Morgan fingerprint density at radius 2 is 0.744 bits per heavy atom. The second kappa shape index (κ2) is 16.6. The van der Waals surface area contributed by atoms with Crippen LogP contribution in [0.15, 0.2) is 133 Å². The summed E-state index contributed by atoms with van der Waals surface area (Å²) < 4.78 is 0. The van der Waals surface area contributed by atoms with Gasteiger partial charge in [-0.2, -0.15) is 131 Å².